The lowest BCUT2D eigenvalue weighted by atomic mass is 10.1. The van der Waals surface area contributed by atoms with E-state index in [-0.39, 0.29) is 4.90 Å². The number of carbonyl (C=O) groups excluding carboxylic acids is 1. The molecule has 1 fully saturated rings. The van der Waals surface area contributed by atoms with Crippen LogP contribution in [0, 0.1) is 6.92 Å². The molecular formula is C18H18BrClN2O4S. The maximum absolute atomic E-state index is 12.8. The maximum atomic E-state index is 12.8. The monoisotopic (exact) mass is 472 g/mol. The van der Waals surface area contributed by atoms with E-state index in [1.54, 1.807) is 37.3 Å². The summed E-state index contributed by atoms with van der Waals surface area (Å²) >= 11 is 9.42. The topological polar surface area (TPSA) is 75.7 Å². The lowest BCUT2D eigenvalue weighted by Gasteiger charge is -2.26. The molecule has 6 nitrogen and oxygen atoms in total. The Balaban J connectivity index is 1.89. The predicted molar refractivity (Wildman–Crippen MR) is 108 cm³/mol. The van der Waals surface area contributed by atoms with Gasteiger partial charge in [-0.3, -0.25) is 4.79 Å². The summed E-state index contributed by atoms with van der Waals surface area (Å²) in [6.07, 6.45) is 0. The van der Waals surface area contributed by atoms with Crippen LogP contribution in [0.4, 0.5) is 5.69 Å². The van der Waals surface area contributed by atoms with Crippen LogP contribution in [0.5, 0.6) is 0 Å². The van der Waals surface area contributed by atoms with Crippen LogP contribution in [0.2, 0.25) is 5.02 Å². The molecular weight excluding hydrogens is 456 g/mol. The van der Waals surface area contributed by atoms with Crippen molar-refractivity contribution in [3.05, 3.63) is 57.0 Å². The first-order valence-electron chi connectivity index (χ1n) is 8.24. The molecule has 1 N–H and O–H groups in total. The molecule has 2 aromatic rings. The van der Waals surface area contributed by atoms with Crippen LogP contribution in [0.15, 0.2) is 45.8 Å². The average Bonchev–Trinajstić information content (AvgIpc) is 2.66. The minimum absolute atomic E-state index is 0.130. The van der Waals surface area contributed by atoms with Crippen LogP contribution in [0.3, 0.4) is 0 Å². The number of hydrogen-bond donors (Lipinski definition) is 1. The first kappa shape index (κ1) is 20.3. The second kappa shape index (κ2) is 8.28. The summed E-state index contributed by atoms with van der Waals surface area (Å²) in [6.45, 7) is 3.16. The standard InChI is InChI=1S/C18H18BrClN2O4S/c1-12-2-4-14(27(24,25)22-6-8-26-9-7-22)11-17(12)21-18(23)15-10-13(19)3-5-16(15)20/h2-5,10-11H,6-9H2,1H3,(H,21,23). The third-order valence-electron chi connectivity index (χ3n) is 4.24. The normalized spacial score (nSPS) is 15.5. The summed E-state index contributed by atoms with van der Waals surface area (Å²) in [6, 6.07) is 9.66. The van der Waals surface area contributed by atoms with Gasteiger partial charge in [0.15, 0.2) is 0 Å². The van der Waals surface area contributed by atoms with Crippen molar-refractivity contribution in [3.8, 4) is 0 Å². The molecule has 27 heavy (non-hydrogen) atoms. The molecule has 1 aliphatic heterocycles. The van der Waals surface area contributed by atoms with Crippen molar-refractivity contribution in [3.63, 3.8) is 0 Å². The zero-order valence-electron chi connectivity index (χ0n) is 14.5. The number of nitrogens with one attached hydrogen (secondary N) is 1. The van der Waals surface area contributed by atoms with Crippen molar-refractivity contribution < 1.29 is 17.9 Å². The molecule has 0 bridgehead atoms. The number of hydrogen-bond acceptors (Lipinski definition) is 4. The molecule has 1 aliphatic rings. The Morgan fingerprint density at radius 3 is 2.59 bits per heavy atom. The number of nitrogens with zero attached hydrogens (tertiary/aromatic N) is 1. The van der Waals surface area contributed by atoms with Gasteiger partial charge in [-0.05, 0) is 42.8 Å². The highest BCUT2D eigenvalue weighted by atomic mass is 79.9. The van der Waals surface area contributed by atoms with Gasteiger partial charge >= 0.3 is 0 Å². The van der Waals surface area contributed by atoms with E-state index in [0.29, 0.717) is 42.6 Å². The summed E-state index contributed by atoms with van der Waals surface area (Å²) in [5.74, 6) is -0.412. The van der Waals surface area contributed by atoms with Gasteiger partial charge in [-0.25, -0.2) is 8.42 Å². The summed E-state index contributed by atoms with van der Waals surface area (Å²) < 4.78 is 33.0. The second-order valence-electron chi connectivity index (χ2n) is 6.07. The number of morpholine rings is 1. The van der Waals surface area contributed by atoms with Crippen molar-refractivity contribution in [2.24, 2.45) is 0 Å². The van der Waals surface area contributed by atoms with E-state index in [4.69, 9.17) is 16.3 Å². The summed E-state index contributed by atoms with van der Waals surface area (Å²) in [5.41, 5.74) is 1.47. The van der Waals surface area contributed by atoms with Crippen molar-refractivity contribution >= 4 is 49.1 Å². The van der Waals surface area contributed by atoms with Gasteiger partial charge in [-0.15, -0.1) is 0 Å². The van der Waals surface area contributed by atoms with Gasteiger partial charge in [0.1, 0.15) is 0 Å². The Labute approximate surface area is 171 Å². The minimum Gasteiger partial charge on any atom is -0.379 e. The SMILES string of the molecule is Cc1ccc(S(=O)(=O)N2CCOCC2)cc1NC(=O)c1cc(Br)ccc1Cl. The van der Waals surface area contributed by atoms with Gasteiger partial charge in [-0.2, -0.15) is 4.31 Å². The van der Waals surface area contributed by atoms with E-state index in [1.807, 2.05) is 0 Å². The number of halogens is 2. The molecule has 3 rings (SSSR count). The Kier molecular flexibility index (Phi) is 6.22. The molecule has 0 spiro atoms. The Bertz CT molecular complexity index is 975. The number of rotatable bonds is 4. The maximum Gasteiger partial charge on any atom is 0.257 e. The third kappa shape index (κ3) is 4.52. The molecule has 0 aliphatic carbocycles. The highest BCUT2D eigenvalue weighted by Crippen LogP contribution is 2.26. The van der Waals surface area contributed by atoms with E-state index in [1.165, 1.54) is 10.4 Å². The van der Waals surface area contributed by atoms with E-state index in [2.05, 4.69) is 21.2 Å². The molecule has 1 amide bonds. The van der Waals surface area contributed by atoms with E-state index < -0.39 is 15.9 Å². The van der Waals surface area contributed by atoms with Crippen LogP contribution in [-0.2, 0) is 14.8 Å². The van der Waals surface area contributed by atoms with Crippen molar-refractivity contribution in [1.29, 1.82) is 0 Å². The number of amides is 1. The Morgan fingerprint density at radius 1 is 1.19 bits per heavy atom. The van der Waals surface area contributed by atoms with Crippen LogP contribution in [0.1, 0.15) is 15.9 Å². The average molecular weight is 474 g/mol. The first-order chi connectivity index (χ1) is 12.8. The Hall–Kier alpha value is -1.45. The second-order valence-corrected chi connectivity index (χ2v) is 9.33. The third-order valence-corrected chi connectivity index (χ3v) is 6.96. The first-order valence-corrected chi connectivity index (χ1v) is 10.8. The zero-order valence-corrected chi connectivity index (χ0v) is 17.7. The largest absolute Gasteiger partial charge is 0.379 e. The zero-order chi connectivity index (χ0) is 19.6. The molecule has 1 heterocycles. The van der Waals surface area contributed by atoms with Gasteiger partial charge in [0.25, 0.3) is 5.91 Å². The summed E-state index contributed by atoms with van der Waals surface area (Å²) in [4.78, 5) is 12.7. The van der Waals surface area contributed by atoms with Gasteiger partial charge in [0, 0.05) is 23.2 Å². The van der Waals surface area contributed by atoms with Gasteiger partial charge in [0.2, 0.25) is 10.0 Å². The predicted octanol–water partition coefficient (Wildman–Crippen LogP) is 3.68. The fraction of sp³-hybridized carbons (Fsp3) is 0.278. The molecule has 0 atom stereocenters. The van der Waals surface area contributed by atoms with E-state index in [9.17, 15) is 13.2 Å². The Morgan fingerprint density at radius 2 is 1.89 bits per heavy atom. The smallest absolute Gasteiger partial charge is 0.257 e. The molecule has 0 radical (unpaired) electrons. The number of ether oxygens (including phenoxy) is 1. The molecule has 9 heteroatoms. The summed E-state index contributed by atoms with van der Waals surface area (Å²) in [7, 11) is -3.65. The lowest BCUT2D eigenvalue weighted by molar-refractivity contribution is 0.0730. The quantitative estimate of drug-likeness (QED) is 0.735. The number of sulfonamides is 1. The molecule has 144 valence electrons. The highest BCUT2D eigenvalue weighted by molar-refractivity contribution is 9.10. The number of aryl methyl sites for hydroxylation is 1. The summed E-state index contributed by atoms with van der Waals surface area (Å²) in [5, 5.41) is 3.07. The molecule has 0 aromatic heterocycles. The van der Waals surface area contributed by atoms with Crippen LogP contribution in [0.25, 0.3) is 0 Å². The minimum atomic E-state index is -3.65. The van der Waals surface area contributed by atoms with Gasteiger partial charge in [0.05, 0.1) is 28.7 Å². The fourth-order valence-corrected chi connectivity index (χ4v) is 4.69. The molecule has 1 saturated heterocycles. The van der Waals surface area contributed by atoms with Crippen LogP contribution >= 0.6 is 27.5 Å². The number of benzene rings is 2. The number of anilines is 1. The van der Waals surface area contributed by atoms with E-state index in [0.717, 1.165) is 10.0 Å². The van der Waals surface area contributed by atoms with Gasteiger partial charge < -0.3 is 10.1 Å². The molecule has 2 aromatic carbocycles. The fourth-order valence-electron chi connectivity index (χ4n) is 2.69. The van der Waals surface area contributed by atoms with Crippen LogP contribution in [-0.4, -0.2) is 44.9 Å². The highest BCUT2D eigenvalue weighted by Gasteiger charge is 2.27. The lowest BCUT2D eigenvalue weighted by Crippen LogP contribution is -2.40. The molecule has 0 saturated carbocycles. The number of carbonyl (C=O) groups is 1. The van der Waals surface area contributed by atoms with E-state index >= 15 is 0 Å². The van der Waals surface area contributed by atoms with Crippen LogP contribution < -0.4 is 5.32 Å². The molecule has 0 unspecified atom stereocenters. The van der Waals surface area contributed by atoms with Crippen molar-refractivity contribution in [2.45, 2.75) is 11.8 Å². The van der Waals surface area contributed by atoms with Crippen molar-refractivity contribution in [1.82, 2.24) is 4.31 Å². The van der Waals surface area contributed by atoms with Crippen molar-refractivity contribution in [2.75, 3.05) is 31.6 Å². The van der Waals surface area contributed by atoms with Gasteiger partial charge in [-0.1, -0.05) is 33.6 Å².